The zero-order valence-electron chi connectivity index (χ0n) is 21.0. The van der Waals surface area contributed by atoms with Crippen molar-refractivity contribution in [1.29, 1.82) is 0 Å². The zero-order chi connectivity index (χ0) is 28.1. The quantitative estimate of drug-likeness (QED) is 0.316. The van der Waals surface area contributed by atoms with E-state index in [-0.39, 0.29) is 17.2 Å². The van der Waals surface area contributed by atoms with Gasteiger partial charge in [0.1, 0.15) is 17.5 Å². The highest BCUT2D eigenvalue weighted by Crippen LogP contribution is 2.55. The highest BCUT2D eigenvalue weighted by molar-refractivity contribution is 8.00. The number of thioether (sulfide) groups is 1. The number of hydrogen-bond donors (Lipinski definition) is 2. The fourth-order valence-corrected chi connectivity index (χ4v) is 8.06. The number of amides is 3. The van der Waals surface area contributed by atoms with Crippen LogP contribution in [0, 0.1) is 12.8 Å². The first kappa shape index (κ1) is 26.4. The fourth-order valence-electron chi connectivity index (χ4n) is 5.17. The van der Waals surface area contributed by atoms with E-state index >= 15 is 0 Å². The molecule has 6 rings (SSSR count). The molecule has 11 heteroatoms. The molecule has 3 amide bonds. The molecule has 0 spiro atoms. The monoisotopic (exact) mass is 591 g/mol. The van der Waals surface area contributed by atoms with Gasteiger partial charge in [-0.2, -0.15) is 0 Å². The molecule has 40 heavy (non-hydrogen) atoms. The van der Waals surface area contributed by atoms with Crippen molar-refractivity contribution >= 4 is 63.8 Å². The van der Waals surface area contributed by atoms with Crippen LogP contribution in [0.2, 0.25) is 5.02 Å². The molecular formula is C29H22ClN3O5S2. The van der Waals surface area contributed by atoms with Crippen LogP contribution in [0.25, 0.3) is 0 Å². The van der Waals surface area contributed by atoms with Gasteiger partial charge in [-0.15, -0.1) is 0 Å². The molecule has 0 bridgehead atoms. The molecule has 1 saturated heterocycles. The van der Waals surface area contributed by atoms with Crippen molar-refractivity contribution in [2.45, 2.75) is 29.7 Å². The lowest BCUT2D eigenvalue weighted by Crippen LogP contribution is -2.33. The number of phenols is 1. The number of nitrogens with one attached hydrogen (secondary N) is 1. The number of rotatable bonds is 5. The summed E-state index contributed by atoms with van der Waals surface area (Å²) in [4.78, 5) is 55.2. The molecule has 1 aromatic heterocycles. The summed E-state index contributed by atoms with van der Waals surface area (Å²) in [5.41, 5.74) is 2.43. The molecule has 2 aliphatic rings. The number of nitrogens with zero attached hydrogens (tertiary/aromatic N) is 2. The van der Waals surface area contributed by atoms with Crippen LogP contribution in [0.5, 0.6) is 5.75 Å². The maximum absolute atomic E-state index is 13.9. The maximum atomic E-state index is 13.9. The second-order valence-corrected chi connectivity index (χ2v) is 12.2. The first-order chi connectivity index (χ1) is 19.2. The summed E-state index contributed by atoms with van der Waals surface area (Å²) in [6.07, 6.45) is 0. The molecule has 4 aromatic rings. The number of hydrogen-bond acceptors (Lipinski definition) is 7. The number of aromatic nitrogens is 1. The Morgan fingerprint density at radius 3 is 2.38 bits per heavy atom. The van der Waals surface area contributed by atoms with Crippen molar-refractivity contribution in [3.05, 3.63) is 103 Å². The van der Waals surface area contributed by atoms with Crippen molar-refractivity contribution in [3.8, 4) is 5.75 Å². The predicted molar refractivity (Wildman–Crippen MR) is 155 cm³/mol. The highest BCUT2D eigenvalue weighted by Gasteiger charge is 2.57. The average Bonchev–Trinajstić information content (AvgIpc) is 3.37. The summed E-state index contributed by atoms with van der Waals surface area (Å²) >= 11 is 7.98. The number of fused-ring (bicyclic) bond motifs is 2. The molecule has 2 aliphatic heterocycles. The molecule has 3 aromatic carbocycles. The topological polar surface area (TPSA) is 109 Å². The number of para-hydroxylation sites is 1. The molecule has 2 unspecified atom stereocenters. The average molecular weight is 592 g/mol. The maximum Gasteiger partial charge on any atom is 0.308 e. The van der Waals surface area contributed by atoms with Crippen molar-refractivity contribution in [3.63, 3.8) is 0 Å². The molecule has 3 atom stereocenters. The Balaban J connectivity index is 1.41. The molecule has 1 fully saturated rings. The number of halogens is 1. The number of phenolic OH excluding ortho intramolecular Hbond substituents is 1. The Labute approximate surface area is 242 Å². The Morgan fingerprint density at radius 2 is 1.68 bits per heavy atom. The van der Waals surface area contributed by atoms with Crippen LogP contribution in [0.15, 0.2) is 82.6 Å². The summed E-state index contributed by atoms with van der Waals surface area (Å²) in [6.45, 7) is 1.64. The molecule has 0 saturated carbocycles. The van der Waals surface area contributed by atoms with E-state index in [0.717, 1.165) is 28.7 Å². The van der Waals surface area contributed by atoms with Gasteiger partial charge in [-0.1, -0.05) is 70.6 Å². The van der Waals surface area contributed by atoms with Crippen LogP contribution in [0.1, 0.15) is 21.9 Å². The number of anilines is 2. The van der Waals surface area contributed by atoms with E-state index in [9.17, 15) is 24.3 Å². The lowest BCUT2D eigenvalue weighted by atomic mass is 9.82. The minimum absolute atomic E-state index is 0.0361. The molecule has 3 heterocycles. The van der Waals surface area contributed by atoms with E-state index in [1.165, 1.54) is 15.5 Å². The first-order valence-corrected chi connectivity index (χ1v) is 14.5. The molecule has 0 aliphatic carbocycles. The number of carbonyl (C=O) groups is 3. The van der Waals surface area contributed by atoms with Crippen molar-refractivity contribution in [2.75, 3.05) is 10.2 Å². The van der Waals surface area contributed by atoms with Gasteiger partial charge < -0.3 is 10.4 Å². The lowest BCUT2D eigenvalue weighted by molar-refractivity contribution is -0.122. The third-order valence-electron chi connectivity index (χ3n) is 7.04. The number of aryl methyl sites for hydroxylation is 1. The Bertz CT molecular complexity index is 1710. The minimum atomic E-state index is -0.842. The van der Waals surface area contributed by atoms with Crippen molar-refractivity contribution in [1.82, 2.24) is 4.57 Å². The Hall–Kier alpha value is -3.86. The third kappa shape index (κ3) is 4.51. The van der Waals surface area contributed by atoms with Gasteiger partial charge in [0.05, 0.1) is 16.6 Å². The van der Waals surface area contributed by atoms with Gasteiger partial charge in [-0.3, -0.25) is 23.7 Å². The standard InChI is InChI=1S/C29H22ClN3O5S2/c1-15-6-12-18(13-7-15)33-26(36)23-22(19-4-2-3-5-20(19)34)25-28(39-24(23)27(33)37)32(29(38)40-25)14-21(35)31-17-10-8-16(30)9-11-17/h2-13,22-24,34H,14H2,1H3,(H,31,35)/t22-,23?,24?/m0/s1. The van der Waals surface area contributed by atoms with Crippen LogP contribution in [0.4, 0.5) is 11.4 Å². The number of imide groups is 1. The van der Waals surface area contributed by atoms with Crippen LogP contribution in [0.3, 0.4) is 0 Å². The van der Waals surface area contributed by atoms with Crippen LogP contribution >= 0.6 is 34.7 Å². The van der Waals surface area contributed by atoms with E-state index in [1.807, 2.05) is 19.1 Å². The largest absolute Gasteiger partial charge is 0.508 e. The van der Waals surface area contributed by atoms with Gasteiger partial charge in [-0.25, -0.2) is 4.90 Å². The van der Waals surface area contributed by atoms with Crippen molar-refractivity contribution in [2.24, 2.45) is 5.92 Å². The number of carbonyl (C=O) groups excluding carboxylic acids is 3. The molecule has 8 nitrogen and oxygen atoms in total. The third-order valence-corrected chi connectivity index (χ3v) is 9.90. The van der Waals surface area contributed by atoms with Gasteiger partial charge in [-0.05, 0) is 49.4 Å². The minimum Gasteiger partial charge on any atom is -0.508 e. The SMILES string of the molecule is Cc1ccc(N2C(=O)C3Sc4c(sc(=O)n4CC(=O)Nc4ccc(Cl)cc4)[C@@H](c4ccccc4O)C3C2=O)cc1. The fraction of sp³-hybridized carbons (Fsp3) is 0.172. The zero-order valence-corrected chi connectivity index (χ0v) is 23.4. The molecular weight excluding hydrogens is 570 g/mol. The van der Waals surface area contributed by atoms with Gasteiger partial charge >= 0.3 is 4.87 Å². The predicted octanol–water partition coefficient (Wildman–Crippen LogP) is 5.01. The summed E-state index contributed by atoms with van der Waals surface area (Å²) in [5, 5.41) is 13.7. The first-order valence-electron chi connectivity index (χ1n) is 12.4. The van der Waals surface area contributed by atoms with Crippen LogP contribution < -0.4 is 15.1 Å². The van der Waals surface area contributed by atoms with E-state index < -0.39 is 34.8 Å². The number of benzene rings is 3. The van der Waals surface area contributed by atoms with Gasteiger partial charge in [0.25, 0.3) is 0 Å². The summed E-state index contributed by atoms with van der Waals surface area (Å²) < 4.78 is 1.34. The summed E-state index contributed by atoms with van der Waals surface area (Å²) in [6, 6.07) is 20.4. The highest BCUT2D eigenvalue weighted by atomic mass is 35.5. The molecule has 202 valence electrons. The number of aromatic hydroxyl groups is 1. The Kier molecular flexibility index (Phi) is 6.77. The van der Waals surface area contributed by atoms with E-state index in [0.29, 0.717) is 31.9 Å². The number of thiazole rings is 1. The summed E-state index contributed by atoms with van der Waals surface area (Å²) in [7, 11) is 0. The lowest BCUT2D eigenvalue weighted by Gasteiger charge is -2.31. The van der Waals surface area contributed by atoms with Crippen LogP contribution in [-0.2, 0) is 20.9 Å². The molecule has 0 radical (unpaired) electrons. The Morgan fingerprint density at radius 1 is 0.975 bits per heavy atom. The van der Waals surface area contributed by atoms with Crippen LogP contribution in [-0.4, -0.2) is 32.6 Å². The van der Waals surface area contributed by atoms with Gasteiger partial charge in [0.15, 0.2) is 0 Å². The smallest absolute Gasteiger partial charge is 0.308 e. The second kappa shape index (κ2) is 10.3. The van der Waals surface area contributed by atoms with Gasteiger partial charge in [0, 0.05) is 27.1 Å². The summed E-state index contributed by atoms with van der Waals surface area (Å²) in [5.74, 6) is -2.83. The van der Waals surface area contributed by atoms with E-state index in [2.05, 4.69) is 5.32 Å². The van der Waals surface area contributed by atoms with Gasteiger partial charge in [0.2, 0.25) is 17.7 Å². The second-order valence-electron chi connectivity index (χ2n) is 9.63. The van der Waals surface area contributed by atoms with E-state index in [1.54, 1.807) is 54.6 Å². The van der Waals surface area contributed by atoms with E-state index in [4.69, 9.17) is 11.6 Å². The molecule has 2 N–H and O–H groups in total. The van der Waals surface area contributed by atoms with Crippen molar-refractivity contribution < 1.29 is 19.5 Å². The normalized spacial score (nSPS) is 19.9.